The van der Waals surface area contributed by atoms with Crippen LogP contribution in [0.4, 0.5) is 0 Å². The first-order valence-corrected chi connectivity index (χ1v) is 5.10. The molecule has 0 rings (SSSR count). The summed E-state index contributed by atoms with van der Waals surface area (Å²) in [5.41, 5.74) is 5.53. The van der Waals surface area contributed by atoms with Crippen LogP contribution >= 0.6 is 11.8 Å². The van der Waals surface area contributed by atoms with Crippen molar-refractivity contribution in [2.24, 2.45) is 11.7 Å². The van der Waals surface area contributed by atoms with Crippen molar-refractivity contribution in [2.75, 3.05) is 5.75 Å². The van der Waals surface area contributed by atoms with Crippen molar-refractivity contribution < 1.29 is 9.90 Å². The third kappa shape index (κ3) is 4.62. The van der Waals surface area contributed by atoms with Crippen molar-refractivity contribution in [3.8, 4) is 0 Å². The van der Waals surface area contributed by atoms with Crippen LogP contribution in [-0.4, -0.2) is 28.1 Å². The highest BCUT2D eigenvalue weighted by Gasteiger charge is 2.21. The maximum absolute atomic E-state index is 10.7. The van der Waals surface area contributed by atoms with E-state index in [1.54, 1.807) is 0 Å². The van der Waals surface area contributed by atoms with Gasteiger partial charge in [-0.15, -0.1) is 11.8 Å². The lowest BCUT2D eigenvalue weighted by Gasteiger charge is -2.16. The maximum Gasteiger partial charge on any atom is 0.316 e. The van der Waals surface area contributed by atoms with Crippen molar-refractivity contribution in [3.63, 3.8) is 0 Å². The quantitative estimate of drug-likeness (QED) is 0.685. The second-order valence-electron chi connectivity index (χ2n) is 3.31. The number of hydrogen-bond donors (Lipinski definition) is 2. The predicted molar refractivity (Wildman–Crippen MR) is 52.4 cm³/mol. The molecule has 0 radical (unpaired) electrons. The van der Waals surface area contributed by atoms with Gasteiger partial charge in [0.25, 0.3) is 0 Å². The molecule has 12 heavy (non-hydrogen) atoms. The summed E-state index contributed by atoms with van der Waals surface area (Å²) >= 11 is 1.42. The third-order valence-electron chi connectivity index (χ3n) is 1.39. The summed E-state index contributed by atoms with van der Waals surface area (Å²) in [6, 6.07) is 0.0654. The Morgan fingerprint density at radius 3 is 2.25 bits per heavy atom. The number of carboxylic acids is 1. The van der Waals surface area contributed by atoms with Crippen molar-refractivity contribution >= 4 is 17.7 Å². The Bertz CT molecular complexity index is 148. The zero-order valence-corrected chi connectivity index (χ0v) is 8.60. The van der Waals surface area contributed by atoms with Crippen LogP contribution in [-0.2, 0) is 4.79 Å². The highest BCUT2D eigenvalue weighted by atomic mass is 32.2. The van der Waals surface area contributed by atoms with E-state index in [4.69, 9.17) is 10.8 Å². The van der Waals surface area contributed by atoms with Gasteiger partial charge in [-0.25, -0.2) is 0 Å². The van der Waals surface area contributed by atoms with Crippen LogP contribution < -0.4 is 5.73 Å². The summed E-state index contributed by atoms with van der Waals surface area (Å²) in [4.78, 5) is 10.7. The van der Waals surface area contributed by atoms with E-state index in [0.717, 1.165) is 0 Å². The molecule has 0 saturated heterocycles. The molecule has 0 aromatic carbocycles. The standard InChI is InChI=1S/C8H17NO2S/c1-5(2)7(8(10)11)12-4-6(3)9/h5-7H,4,9H2,1-3H3,(H,10,11). The Balaban J connectivity index is 3.88. The molecule has 0 aliphatic heterocycles. The summed E-state index contributed by atoms with van der Waals surface area (Å²) in [5.74, 6) is 0.122. The van der Waals surface area contributed by atoms with Gasteiger partial charge in [0.1, 0.15) is 5.25 Å². The Kier molecular flexibility index (Phi) is 5.33. The van der Waals surface area contributed by atoms with E-state index in [1.165, 1.54) is 11.8 Å². The molecule has 0 aromatic heterocycles. The first-order chi connectivity index (χ1) is 5.45. The van der Waals surface area contributed by atoms with Crippen molar-refractivity contribution in [1.29, 1.82) is 0 Å². The average Bonchev–Trinajstić information content (AvgIpc) is 1.84. The zero-order chi connectivity index (χ0) is 9.72. The molecule has 0 fully saturated rings. The van der Waals surface area contributed by atoms with E-state index < -0.39 is 5.97 Å². The summed E-state index contributed by atoms with van der Waals surface area (Å²) in [7, 11) is 0. The van der Waals surface area contributed by atoms with Crippen LogP contribution in [0.5, 0.6) is 0 Å². The summed E-state index contributed by atoms with van der Waals surface area (Å²) in [6.45, 7) is 5.70. The van der Waals surface area contributed by atoms with Crippen molar-refractivity contribution in [2.45, 2.75) is 32.1 Å². The summed E-state index contributed by atoms with van der Waals surface area (Å²) in [5, 5.41) is 8.47. The van der Waals surface area contributed by atoms with E-state index >= 15 is 0 Å². The van der Waals surface area contributed by atoms with Gasteiger partial charge in [-0.2, -0.15) is 0 Å². The third-order valence-corrected chi connectivity index (χ3v) is 3.21. The molecular weight excluding hydrogens is 174 g/mol. The zero-order valence-electron chi connectivity index (χ0n) is 7.78. The Morgan fingerprint density at radius 2 is 2.00 bits per heavy atom. The molecule has 0 aliphatic carbocycles. The second-order valence-corrected chi connectivity index (χ2v) is 4.49. The average molecular weight is 191 g/mol. The minimum atomic E-state index is -0.740. The molecule has 0 heterocycles. The Hall–Kier alpha value is -0.220. The number of aliphatic carboxylic acids is 1. The second kappa shape index (κ2) is 5.43. The van der Waals surface area contributed by atoms with E-state index in [-0.39, 0.29) is 17.2 Å². The molecule has 2 unspecified atom stereocenters. The monoisotopic (exact) mass is 191 g/mol. The summed E-state index contributed by atoms with van der Waals surface area (Å²) in [6.07, 6.45) is 0. The Labute approximate surface area is 77.7 Å². The van der Waals surface area contributed by atoms with Gasteiger partial charge in [-0.3, -0.25) is 4.79 Å². The minimum Gasteiger partial charge on any atom is -0.480 e. The van der Waals surface area contributed by atoms with Gasteiger partial charge in [0, 0.05) is 11.8 Å². The first-order valence-electron chi connectivity index (χ1n) is 4.05. The molecule has 0 aromatic rings. The van der Waals surface area contributed by atoms with Gasteiger partial charge in [0.05, 0.1) is 0 Å². The molecule has 72 valence electrons. The van der Waals surface area contributed by atoms with Crippen LogP contribution in [0, 0.1) is 5.92 Å². The normalized spacial score (nSPS) is 16.1. The van der Waals surface area contributed by atoms with Crippen molar-refractivity contribution in [1.82, 2.24) is 0 Å². The van der Waals surface area contributed by atoms with Gasteiger partial charge >= 0.3 is 5.97 Å². The number of carboxylic acid groups (broad SMARTS) is 1. The van der Waals surface area contributed by atoms with Crippen LogP contribution in [0.2, 0.25) is 0 Å². The molecule has 3 N–H and O–H groups in total. The molecule has 3 nitrogen and oxygen atoms in total. The first kappa shape index (κ1) is 11.8. The minimum absolute atomic E-state index is 0.0654. The SMILES string of the molecule is CC(N)CSC(C(=O)O)C(C)C. The Morgan fingerprint density at radius 1 is 1.50 bits per heavy atom. The maximum atomic E-state index is 10.7. The lowest BCUT2D eigenvalue weighted by Crippen LogP contribution is -2.27. The van der Waals surface area contributed by atoms with E-state index in [0.29, 0.717) is 5.75 Å². The number of carbonyl (C=O) groups is 1. The van der Waals surface area contributed by atoms with Crippen LogP contribution in [0.3, 0.4) is 0 Å². The van der Waals surface area contributed by atoms with Gasteiger partial charge in [-0.1, -0.05) is 13.8 Å². The largest absolute Gasteiger partial charge is 0.480 e. The van der Waals surface area contributed by atoms with Gasteiger partial charge in [0.2, 0.25) is 0 Å². The van der Waals surface area contributed by atoms with E-state index in [2.05, 4.69) is 0 Å². The molecule has 0 aliphatic rings. The highest BCUT2D eigenvalue weighted by molar-refractivity contribution is 8.00. The van der Waals surface area contributed by atoms with Gasteiger partial charge < -0.3 is 10.8 Å². The van der Waals surface area contributed by atoms with E-state index in [1.807, 2.05) is 20.8 Å². The van der Waals surface area contributed by atoms with E-state index in [9.17, 15) is 4.79 Å². The molecule has 2 atom stereocenters. The fraction of sp³-hybridized carbons (Fsp3) is 0.875. The summed E-state index contributed by atoms with van der Waals surface area (Å²) < 4.78 is 0. The number of thioether (sulfide) groups is 1. The number of nitrogens with two attached hydrogens (primary N) is 1. The molecule has 0 spiro atoms. The number of hydrogen-bond acceptors (Lipinski definition) is 3. The molecule has 0 saturated carbocycles. The lowest BCUT2D eigenvalue weighted by atomic mass is 10.1. The molecule has 0 amide bonds. The molecular formula is C8H17NO2S. The fourth-order valence-electron chi connectivity index (χ4n) is 0.804. The van der Waals surface area contributed by atoms with Crippen LogP contribution in [0.15, 0.2) is 0 Å². The number of rotatable bonds is 5. The fourth-order valence-corrected chi connectivity index (χ4v) is 1.84. The molecule has 0 bridgehead atoms. The topological polar surface area (TPSA) is 63.3 Å². The van der Waals surface area contributed by atoms with Gasteiger partial charge in [-0.05, 0) is 12.8 Å². The van der Waals surface area contributed by atoms with Crippen molar-refractivity contribution in [3.05, 3.63) is 0 Å². The van der Waals surface area contributed by atoms with Crippen LogP contribution in [0.1, 0.15) is 20.8 Å². The smallest absolute Gasteiger partial charge is 0.316 e. The lowest BCUT2D eigenvalue weighted by molar-refractivity contribution is -0.137. The predicted octanol–water partition coefficient (Wildman–Crippen LogP) is 1.18. The molecule has 4 heteroatoms. The highest BCUT2D eigenvalue weighted by Crippen LogP contribution is 2.19. The van der Waals surface area contributed by atoms with Gasteiger partial charge in [0.15, 0.2) is 0 Å². The van der Waals surface area contributed by atoms with Crippen LogP contribution in [0.25, 0.3) is 0 Å².